The number of nitrogens with zero attached hydrogens (tertiary/aromatic N) is 4. The molecule has 1 atom stereocenters. The molecule has 124 valence electrons. The van der Waals surface area contributed by atoms with Crippen LogP contribution in [-0.4, -0.2) is 38.8 Å². The minimum absolute atomic E-state index is 0.0217. The van der Waals surface area contributed by atoms with E-state index in [-0.39, 0.29) is 10.6 Å². The lowest BCUT2D eigenvalue weighted by molar-refractivity contribution is 0.250. The van der Waals surface area contributed by atoms with Crippen LogP contribution in [0.25, 0.3) is 0 Å². The summed E-state index contributed by atoms with van der Waals surface area (Å²) >= 11 is 0. The minimum Gasteiger partial charge on any atom is -0.339 e. The van der Waals surface area contributed by atoms with Gasteiger partial charge in [-0.2, -0.15) is 4.31 Å². The largest absolute Gasteiger partial charge is 0.339 e. The van der Waals surface area contributed by atoms with Crippen LogP contribution >= 0.6 is 0 Å². The van der Waals surface area contributed by atoms with Crippen LogP contribution in [0.1, 0.15) is 36.8 Å². The van der Waals surface area contributed by atoms with Gasteiger partial charge in [-0.1, -0.05) is 6.42 Å². The highest BCUT2D eigenvalue weighted by atomic mass is 32.2. The predicted molar refractivity (Wildman–Crippen MR) is 83.3 cm³/mol. The number of piperidine rings is 1. The van der Waals surface area contributed by atoms with Crippen molar-refractivity contribution in [1.29, 1.82) is 0 Å². The van der Waals surface area contributed by atoms with Crippen molar-refractivity contribution in [3.8, 4) is 0 Å². The summed E-state index contributed by atoms with van der Waals surface area (Å²) in [5, 5.41) is 0.0217. The van der Waals surface area contributed by atoms with E-state index in [0.29, 0.717) is 24.5 Å². The molecule has 0 spiro atoms. The highest BCUT2D eigenvalue weighted by molar-refractivity contribution is 7.89. The third-order valence-electron chi connectivity index (χ3n) is 3.93. The Bertz CT molecular complexity index is 871. The van der Waals surface area contributed by atoms with Crippen molar-refractivity contribution in [2.45, 2.75) is 37.3 Å². The van der Waals surface area contributed by atoms with Crippen LogP contribution < -0.4 is 5.56 Å². The molecule has 1 N–H and O–H groups in total. The fraction of sp³-hybridized carbons (Fsp3) is 0.500. The van der Waals surface area contributed by atoms with E-state index in [1.807, 2.05) is 0 Å². The number of rotatable bonds is 3. The van der Waals surface area contributed by atoms with E-state index in [1.165, 1.54) is 22.9 Å². The number of imidazole rings is 1. The summed E-state index contributed by atoms with van der Waals surface area (Å²) in [5.41, 5.74) is 0.221. The first-order valence-corrected chi connectivity index (χ1v) is 8.89. The monoisotopic (exact) mass is 337 g/mol. The molecule has 1 fully saturated rings. The van der Waals surface area contributed by atoms with Crippen LogP contribution in [0.15, 0.2) is 28.4 Å². The Kier molecular flexibility index (Phi) is 4.07. The number of aromatic nitrogens is 4. The summed E-state index contributed by atoms with van der Waals surface area (Å²) < 4.78 is 28.8. The summed E-state index contributed by atoms with van der Waals surface area (Å²) in [6, 6.07) is 0.945. The van der Waals surface area contributed by atoms with Gasteiger partial charge in [-0.25, -0.2) is 18.4 Å². The Morgan fingerprint density at radius 3 is 2.78 bits per heavy atom. The lowest BCUT2D eigenvalue weighted by Gasteiger charge is -2.33. The van der Waals surface area contributed by atoms with E-state index < -0.39 is 16.1 Å². The van der Waals surface area contributed by atoms with E-state index in [1.54, 1.807) is 18.5 Å². The van der Waals surface area contributed by atoms with Gasteiger partial charge in [0.15, 0.2) is 5.03 Å². The van der Waals surface area contributed by atoms with Crippen molar-refractivity contribution in [3.05, 3.63) is 40.5 Å². The topological polar surface area (TPSA) is 101 Å². The van der Waals surface area contributed by atoms with Crippen LogP contribution in [0.2, 0.25) is 0 Å². The first-order chi connectivity index (χ1) is 10.9. The van der Waals surface area contributed by atoms with Gasteiger partial charge in [0.05, 0.1) is 18.1 Å². The van der Waals surface area contributed by atoms with Gasteiger partial charge in [0.2, 0.25) is 0 Å². The predicted octanol–water partition coefficient (Wildman–Crippen LogP) is 0.728. The highest BCUT2D eigenvalue weighted by Gasteiger charge is 2.36. The van der Waals surface area contributed by atoms with E-state index >= 15 is 0 Å². The lowest BCUT2D eigenvalue weighted by atomic mass is 10.0. The SMILES string of the molecule is Cc1nc(C2CCCCN2S(=O)(=O)c2cn(C)cn2)cc(=O)[nH]1. The van der Waals surface area contributed by atoms with Gasteiger partial charge >= 0.3 is 0 Å². The standard InChI is InChI=1S/C14H19N5O3S/c1-10-16-11(7-13(20)17-10)12-5-3-4-6-19(12)23(21,22)14-8-18(2)9-15-14/h7-9,12H,3-6H2,1-2H3,(H,16,17,20). The molecule has 0 aliphatic carbocycles. The molecule has 2 aromatic rings. The maximum absolute atomic E-state index is 12.9. The number of hydrogen-bond donors (Lipinski definition) is 1. The Balaban J connectivity index is 2.03. The molecular formula is C14H19N5O3S. The molecule has 0 bridgehead atoms. The van der Waals surface area contributed by atoms with Gasteiger partial charge in [-0.3, -0.25) is 4.79 Å². The molecule has 0 aromatic carbocycles. The fourth-order valence-corrected chi connectivity index (χ4v) is 4.54. The van der Waals surface area contributed by atoms with Gasteiger partial charge in [-0.05, 0) is 19.8 Å². The van der Waals surface area contributed by atoms with Gasteiger partial charge < -0.3 is 9.55 Å². The summed E-state index contributed by atoms with van der Waals surface area (Å²) in [7, 11) is -1.99. The van der Waals surface area contributed by atoms with Crippen molar-refractivity contribution in [2.24, 2.45) is 7.05 Å². The number of hydrogen-bond acceptors (Lipinski definition) is 5. The van der Waals surface area contributed by atoms with Gasteiger partial charge in [0.1, 0.15) is 5.82 Å². The van der Waals surface area contributed by atoms with Crippen LogP contribution in [-0.2, 0) is 17.1 Å². The Hall–Kier alpha value is -2.00. The number of H-pyrrole nitrogens is 1. The zero-order valence-electron chi connectivity index (χ0n) is 13.1. The third kappa shape index (κ3) is 3.06. The van der Waals surface area contributed by atoms with Crippen molar-refractivity contribution in [1.82, 2.24) is 23.8 Å². The van der Waals surface area contributed by atoms with Gasteiger partial charge in [0, 0.05) is 25.9 Å². The Labute approximate surface area is 134 Å². The molecule has 1 aliphatic rings. The summed E-state index contributed by atoms with van der Waals surface area (Å²) in [4.78, 5) is 22.6. The molecule has 3 heterocycles. The summed E-state index contributed by atoms with van der Waals surface area (Å²) in [6.07, 6.45) is 5.26. The quantitative estimate of drug-likeness (QED) is 0.890. The van der Waals surface area contributed by atoms with E-state index in [2.05, 4.69) is 15.0 Å². The second-order valence-electron chi connectivity index (χ2n) is 5.76. The molecule has 0 saturated carbocycles. The van der Waals surface area contributed by atoms with Gasteiger partial charge in [-0.15, -0.1) is 0 Å². The van der Waals surface area contributed by atoms with Crippen LogP contribution in [0, 0.1) is 6.92 Å². The molecule has 2 aromatic heterocycles. The highest BCUT2D eigenvalue weighted by Crippen LogP contribution is 2.33. The molecule has 9 heteroatoms. The summed E-state index contributed by atoms with van der Waals surface area (Å²) in [6.45, 7) is 2.09. The molecule has 1 aliphatic heterocycles. The smallest absolute Gasteiger partial charge is 0.262 e. The normalized spacial score (nSPS) is 19.8. The van der Waals surface area contributed by atoms with Crippen molar-refractivity contribution >= 4 is 10.0 Å². The molecule has 8 nitrogen and oxygen atoms in total. The van der Waals surface area contributed by atoms with Crippen molar-refractivity contribution in [3.63, 3.8) is 0 Å². The van der Waals surface area contributed by atoms with Gasteiger partial charge in [0.25, 0.3) is 15.6 Å². The fourth-order valence-electron chi connectivity index (χ4n) is 2.90. The van der Waals surface area contributed by atoms with Crippen molar-refractivity contribution in [2.75, 3.05) is 6.54 Å². The molecule has 1 saturated heterocycles. The minimum atomic E-state index is -3.72. The van der Waals surface area contributed by atoms with Crippen LogP contribution in [0.4, 0.5) is 0 Å². The number of aromatic amines is 1. The number of sulfonamides is 1. The first kappa shape index (κ1) is 15.9. The molecule has 0 radical (unpaired) electrons. The average Bonchev–Trinajstić information content (AvgIpc) is 2.94. The molecule has 23 heavy (non-hydrogen) atoms. The lowest BCUT2D eigenvalue weighted by Crippen LogP contribution is -2.39. The maximum atomic E-state index is 12.9. The number of aryl methyl sites for hydroxylation is 2. The van der Waals surface area contributed by atoms with Crippen LogP contribution in [0.5, 0.6) is 0 Å². The number of nitrogens with one attached hydrogen (secondary N) is 1. The first-order valence-electron chi connectivity index (χ1n) is 7.45. The Morgan fingerprint density at radius 2 is 2.13 bits per heavy atom. The average molecular weight is 337 g/mol. The third-order valence-corrected chi connectivity index (χ3v) is 5.72. The second kappa shape index (κ2) is 5.89. The van der Waals surface area contributed by atoms with E-state index in [9.17, 15) is 13.2 Å². The molecular weight excluding hydrogens is 318 g/mol. The summed E-state index contributed by atoms with van der Waals surface area (Å²) in [5.74, 6) is 0.480. The molecule has 1 unspecified atom stereocenters. The second-order valence-corrected chi connectivity index (χ2v) is 7.60. The van der Waals surface area contributed by atoms with Crippen LogP contribution in [0.3, 0.4) is 0 Å². The zero-order valence-corrected chi connectivity index (χ0v) is 13.9. The van der Waals surface area contributed by atoms with Crippen molar-refractivity contribution < 1.29 is 8.42 Å². The molecule has 3 rings (SSSR count). The van der Waals surface area contributed by atoms with E-state index in [0.717, 1.165) is 12.8 Å². The van der Waals surface area contributed by atoms with E-state index in [4.69, 9.17) is 0 Å². The molecule has 0 amide bonds. The maximum Gasteiger partial charge on any atom is 0.262 e. The Morgan fingerprint density at radius 1 is 1.35 bits per heavy atom. The zero-order chi connectivity index (χ0) is 16.6.